The average Bonchev–Trinajstić information content (AvgIpc) is 2.05. The summed E-state index contributed by atoms with van der Waals surface area (Å²) in [5, 5.41) is 0. The Balaban J connectivity index is 2.96. The minimum atomic E-state index is 0.389. The van der Waals surface area contributed by atoms with Crippen molar-refractivity contribution in [3.05, 3.63) is 30.5 Å². The van der Waals surface area contributed by atoms with E-state index in [2.05, 4.69) is 9.97 Å². The van der Waals surface area contributed by atoms with E-state index >= 15 is 0 Å². The zero-order chi connectivity index (χ0) is 7.40. The number of nitrogens with zero attached hydrogens (tertiary/aromatic N) is 2. The zero-order valence-electron chi connectivity index (χ0n) is 5.36. The van der Waals surface area contributed by atoms with Crippen LogP contribution in [-0.4, -0.2) is 9.97 Å². The Morgan fingerprint density at radius 2 is 2.00 bits per heavy atom. The first-order valence-electron chi connectivity index (χ1n) is 2.79. The lowest BCUT2D eigenvalue weighted by Gasteiger charge is -1.94. The van der Waals surface area contributed by atoms with Crippen molar-refractivity contribution in [2.45, 2.75) is 0 Å². The summed E-state index contributed by atoms with van der Waals surface area (Å²) in [6.07, 6.45) is 4.49. The van der Waals surface area contributed by atoms with Crippen molar-refractivity contribution in [2.75, 3.05) is 0 Å². The van der Waals surface area contributed by atoms with Gasteiger partial charge in [-0.15, -0.1) is 0 Å². The average molecular weight is 136 g/mol. The van der Waals surface area contributed by atoms with E-state index in [1.807, 2.05) is 0 Å². The second kappa shape index (κ2) is 2.82. The normalized spacial score (nSPS) is 11.4. The van der Waals surface area contributed by atoms with E-state index in [1.165, 1.54) is 6.20 Å². The molecule has 0 unspecified atom stereocenters. The van der Waals surface area contributed by atoms with Crippen molar-refractivity contribution in [2.24, 2.45) is 11.5 Å². The van der Waals surface area contributed by atoms with Crippen LogP contribution in [0, 0.1) is 0 Å². The third-order valence-corrected chi connectivity index (χ3v) is 1.00. The van der Waals surface area contributed by atoms with Crippen LogP contribution in [0.15, 0.2) is 24.7 Å². The molecule has 0 spiro atoms. The first-order chi connectivity index (χ1) is 4.84. The maximum Gasteiger partial charge on any atom is 0.176 e. The van der Waals surface area contributed by atoms with Crippen LogP contribution in [0.5, 0.6) is 0 Å². The van der Waals surface area contributed by atoms with Crippen molar-refractivity contribution in [3.63, 3.8) is 0 Å². The molecule has 0 amide bonds. The maximum atomic E-state index is 5.41. The van der Waals surface area contributed by atoms with Crippen LogP contribution in [0.1, 0.15) is 5.82 Å². The van der Waals surface area contributed by atoms with Crippen molar-refractivity contribution in [1.82, 2.24) is 9.97 Å². The summed E-state index contributed by atoms with van der Waals surface area (Å²) >= 11 is 0. The second-order valence-electron chi connectivity index (χ2n) is 1.69. The number of hydrogen-bond donors (Lipinski definition) is 2. The summed E-state index contributed by atoms with van der Waals surface area (Å²) in [6.45, 7) is 0. The molecule has 4 N–H and O–H groups in total. The van der Waals surface area contributed by atoms with E-state index in [0.717, 1.165) is 0 Å². The minimum Gasteiger partial charge on any atom is -0.403 e. The van der Waals surface area contributed by atoms with E-state index in [9.17, 15) is 0 Å². The van der Waals surface area contributed by atoms with E-state index in [1.54, 1.807) is 18.5 Å². The van der Waals surface area contributed by atoms with Gasteiger partial charge in [0.05, 0.1) is 5.70 Å². The molecule has 0 saturated carbocycles. The van der Waals surface area contributed by atoms with Gasteiger partial charge in [0.1, 0.15) is 0 Å². The van der Waals surface area contributed by atoms with Crippen LogP contribution in [0.3, 0.4) is 0 Å². The van der Waals surface area contributed by atoms with Crippen molar-refractivity contribution in [1.29, 1.82) is 0 Å². The largest absolute Gasteiger partial charge is 0.403 e. The fourth-order valence-corrected chi connectivity index (χ4v) is 0.523. The molecule has 0 aliphatic heterocycles. The lowest BCUT2D eigenvalue weighted by atomic mass is 10.4. The number of hydrogen-bond acceptors (Lipinski definition) is 4. The predicted molar refractivity (Wildman–Crippen MR) is 38.4 cm³/mol. The summed E-state index contributed by atoms with van der Waals surface area (Å²) < 4.78 is 0. The highest BCUT2D eigenvalue weighted by Crippen LogP contribution is 1.95. The zero-order valence-corrected chi connectivity index (χ0v) is 5.36. The van der Waals surface area contributed by atoms with Crippen LogP contribution in [0.25, 0.3) is 5.70 Å². The van der Waals surface area contributed by atoms with Gasteiger partial charge in [0.25, 0.3) is 0 Å². The van der Waals surface area contributed by atoms with Gasteiger partial charge < -0.3 is 11.5 Å². The highest BCUT2D eigenvalue weighted by molar-refractivity contribution is 5.54. The molecule has 0 bridgehead atoms. The van der Waals surface area contributed by atoms with Gasteiger partial charge >= 0.3 is 0 Å². The Morgan fingerprint density at radius 3 is 2.50 bits per heavy atom. The highest BCUT2D eigenvalue weighted by atomic mass is 14.9. The molecular weight excluding hydrogens is 128 g/mol. The molecule has 1 rings (SSSR count). The Labute approximate surface area is 58.6 Å². The van der Waals surface area contributed by atoms with Gasteiger partial charge in [0.15, 0.2) is 5.82 Å². The third kappa shape index (κ3) is 1.22. The molecular formula is C6H8N4. The fourth-order valence-electron chi connectivity index (χ4n) is 0.523. The van der Waals surface area contributed by atoms with Gasteiger partial charge in [-0.3, -0.25) is 0 Å². The molecule has 0 saturated heterocycles. The lowest BCUT2D eigenvalue weighted by Crippen LogP contribution is -2.03. The van der Waals surface area contributed by atoms with Crippen molar-refractivity contribution in [3.8, 4) is 0 Å². The fraction of sp³-hybridized carbons (Fsp3) is 0. The van der Waals surface area contributed by atoms with Gasteiger partial charge in [-0.2, -0.15) is 0 Å². The molecule has 0 aliphatic carbocycles. The summed E-state index contributed by atoms with van der Waals surface area (Å²) in [5.74, 6) is 0.463. The minimum absolute atomic E-state index is 0.389. The molecule has 0 fully saturated rings. The van der Waals surface area contributed by atoms with Crippen molar-refractivity contribution >= 4 is 5.70 Å². The molecule has 0 aliphatic rings. The standard InChI is InChI=1S/C6H8N4/c7-4-5(8)6-9-2-1-3-10-6/h1-4H,7-8H2/b5-4+. The molecule has 0 radical (unpaired) electrons. The monoisotopic (exact) mass is 136 g/mol. The molecule has 10 heavy (non-hydrogen) atoms. The van der Waals surface area contributed by atoms with Gasteiger partial charge in [-0.1, -0.05) is 0 Å². The van der Waals surface area contributed by atoms with Gasteiger partial charge in [0, 0.05) is 18.6 Å². The Morgan fingerprint density at radius 1 is 1.40 bits per heavy atom. The Kier molecular flexibility index (Phi) is 1.84. The van der Waals surface area contributed by atoms with E-state index < -0.39 is 0 Å². The smallest absolute Gasteiger partial charge is 0.176 e. The van der Waals surface area contributed by atoms with E-state index in [4.69, 9.17) is 11.5 Å². The summed E-state index contributed by atoms with van der Waals surface area (Å²) in [5.41, 5.74) is 10.9. The molecule has 0 aromatic carbocycles. The molecule has 4 heteroatoms. The van der Waals surface area contributed by atoms with Crippen LogP contribution in [0.2, 0.25) is 0 Å². The Bertz CT molecular complexity index is 229. The van der Waals surface area contributed by atoms with Gasteiger partial charge in [-0.05, 0) is 6.07 Å². The maximum absolute atomic E-state index is 5.41. The lowest BCUT2D eigenvalue weighted by molar-refractivity contribution is 1.10. The predicted octanol–water partition coefficient (Wildman–Crippen LogP) is -0.308. The SMILES string of the molecule is N/C=C(/N)c1ncccn1. The molecule has 1 aromatic rings. The van der Waals surface area contributed by atoms with Gasteiger partial charge in [-0.25, -0.2) is 9.97 Å². The Hall–Kier alpha value is -1.58. The van der Waals surface area contributed by atoms with Crippen LogP contribution >= 0.6 is 0 Å². The number of rotatable bonds is 1. The number of nitrogens with two attached hydrogens (primary N) is 2. The molecule has 1 heterocycles. The van der Waals surface area contributed by atoms with Crippen LogP contribution < -0.4 is 11.5 Å². The summed E-state index contributed by atoms with van der Waals surface area (Å²) in [7, 11) is 0. The van der Waals surface area contributed by atoms with E-state index in [-0.39, 0.29) is 0 Å². The number of aromatic nitrogens is 2. The third-order valence-electron chi connectivity index (χ3n) is 1.00. The molecule has 4 nitrogen and oxygen atoms in total. The first kappa shape index (κ1) is 6.54. The quantitative estimate of drug-likeness (QED) is 0.555. The first-order valence-corrected chi connectivity index (χ1v) is 2.79. The summed E-state index contributed by atoms with van der Waals surface area (Å²) in [4.78, 5) is 7.73. The van der Waals surface area contributed by atoms with Crippen LogP contribution in [-0.2, 0) is 0 Å². The van der Waals surface area contributed by atoms with Crippen molar-refractivity contribution < 1.29 is 0 Å². The van der Waals surface area contributed by atoms with Crippen LogP contribution in [0.4, 0.5) is 0 Å². The van der Waals surface area contributed by atoms with Gasteiger partial charge in [0.2, 0.25) is 0 Å². The second-order valence-corrected chi connectivity index (χ2v) is 1.69. The highest BCUT2D eigenvalue weighted by Gasteiger charge is 1.94. The molecule has 1 aromatic heterocycles. The summed E-state index contributed by atoms with van der Waals surface area (Å²) in [6, 6.07) is 1.72. The molecule has 52 valence electrons. The van der Waals surface area contributed by atoms with E-state index in [0.29, 0.717) is 11.5 Å². The topological polar surface area (TPSA) is 77.8 Å². The molecule has 0 atom stereocenters.